The average molecular weight is 353 g/mol. The zero-order valence-electron chi connectivity index (χ0n) is 15.0. The fourth-order valence-electron chi connectivity index (χ4n) is 3.18. The third-order valence-corrected chi connectivity index (χ3v) is 4.82. The molecule has 0 atom stereocenters. The van der Waals surface area contributed by atoms with E-state index in [1.807, 2.05) is 24.3 Å². The van der Waals surface area contributed by atoms with E-state index in [2.05, 4.69) is 34.5 Å². The highest BCUT2D eigenvalue weighted by atomic mass is 16.3. The summed E-state index contributed by atoms with van der Waals surface area (Å²) >= 11 is 0. The second-order valence-electron chi connectivity index (χ2n) is 7.02. The van der Waals surface area contributed by atoms with Gasteiger partial charge in [-0.1, -0.05) is 36.4 Å². The van der Waals surface area contributed by atoms with Crippen LogP contribution < -0.4 is 11.1 Å². The molecule has 1 saturated heterocycles. The number of carbonyl (C=O) groups is 1. The number of aliphatic hydroxyl groups is 1. The van der Waals surface area contributed by atoms with Crippen molar-refractivity contribution in [2.45, 2.75) is 38.5 Å². The molecule has 26 heavy (non-hydrogen) atoms. The van der Waals surface area contributed by atoms with Crippen molar-refractivity contribution in [3.63, 3.8) is 0 Å². The third kappa shape index (κ3) is 5.58. The number of piperidine rings is 1. The van der Waals surface area contributed by atoms with Gasteiger partial charge in [0.1, 0.15) is 0 Å². The molecule has 0 aliphatic carbocycles. The summed E-state index contributed by atoms with van der Waals surface area (Å²) in [4.78, 5) is 14.4. The standard InChI is InChI=1S/C21H27N3O2/c22-19-7-5-16(6-8-19)13-21(26)23-14-17-1-3-18(4-2-17)15-24-11-9-20(25)10-12-24/h1-8,20,25H,9-15,22H2,(H,23,26). The molecule has 0 radical (unpaired) electrons. The van der Waals surface area contributed by atoms with Crippen LogP contribution in [-0.4, -0.2) is 35.1 Å². The second-order valence-corrected chi connectivity index (χ2v) is 7.02. The number of hydrogen-bond donors (Lipinski definition) is 3. The SMILES string of the molecule is Nc1ccc(CC(=O)NCc2ccc(CN3CCC(O)CC3)cc2)cc1. The van der Waals surface area contributed by atoms with Crippen LogP contribution in [0.15, 0.2) is 48.5 Å². The normalized spacial score (nSPS) is 15.7. The van der Waals surface area contributed by atoms with Gasteiger partial charge in [-0.25, -0.2) is 0 Å². The predicted octanol–water partition coefficient (Wildman–Crippen LogP) is 2.08. The van der Waals surface area contributed by atoms with Crippen molar-refractivity contribution in [2.24, 2.45) is 0 Å². The smallest absolute Gasteiger partial charge is 0.224 e. The van der Waals surface area contributed by atoms with Gasteiger partial charge in [-0.05, 0) is 41.7 Å². The monoisotopic (exact) mass is 353 g/mol. The molecule has 3 rings (SSSR count). The maximum atomic E-state index is 12.1. The lowest BCUT2D eigenvalue weighted by Gasteiger charge is -2.29. The molecule has 5 nitrogen and oxygen atoms in total. The Morgan fingerprint density at radius 2 is 1.58 bits per heavy atom. The minimum Gasteiger partial charge on any atom is -0.399 e. The predicted molar refractivity (Wildman–Crippen MR) is 103 cm³/mol. The first-order valence-corrected chi connectivity index (χ1v) is 9.18. The van der Waals surface area contributed by atoms with Gasteiger partial charge < -0.3 is 16.2 Å². The number of nitrogens with zero attached hydrogens (tertiary/aromatic N) is 1. The van der Waals surface area contributed by atoms with E-state index in [0.29, 0.717) is 18.7 Å². The van der Waals surface area contributed by atoms with Gasteiger partial charge in [0.15, 0.2) is 0 Å². The number of amides is 1. The summed E-state index contributed by atoms with van der Waals surface area (Å²) in [6.45, 7) is 3.34. The van der Waals surface area contributed by atoms with Crippen LogP contribution in [0.5, 0.6) is 0 Å². The molecular weight excluding hydrogens is 326 g/mol. The Morgan fingerprint density at radius 3 is 2.23 bits per heavy atom. The fraction of sp³-hybridized carbons (Fsp3) is 0.381. The summed E-state index contributed by atoms with van der Waals surface area (Å²) in [5, 5.41) is 12.5. The molecule has 4 N–H and O–H groups in total. The Bertz CT molecular complexity index is 705. The summed E-state index contributed by atoms with van der Waals surface area (Å²) in [6, 6.07) is 15.7. The van der Waals surface area contributed by atoms with E-state index in [0.717, 1.165) is 43.6 Å². The zero-order chi connectivity index (χ0) is 18.4. The van der Waals surface area contributed by atoms with Gasteiger partial charge >= 0.3 is 0 Å². The highest BCUT2D eigenvalue weighted by Crippen LogP contribution is 2.14. The lowest BCUT2D eigenvalue weighted by Crippen LogP contribution is -2.35. The zero-order valence-corrected chi connectivity index (χ0v) is 15.0. The summed E-state index contributed by atoms with van der Waals surface area (Å²) in [5.74, 6) is 0.00530. The molecule has 1 amide bonds. The van der Waals surface area contributed by atoms with Crippen LogP contribution in [0.25, 0.3) is 0 Å². The maximum Gasteiger partial charge on any atom is 0.224 e. The molecule has 1 heterocycles. The van der Waals surface area contributed by atoms with E-state index in [4.69, 9.17) is 5.73 Å². The quantitative estimate of drug-likeness (QED) is 0.695. The molecule has 0 spiro atoms. The second kappa shape index (κ2) is 8.83. The van der Waals surface area contributed by atoms with Crippen molar-refractivity contribution >= 4 is 11.6 Å². The van der Waals surface area contributed by atoms with Gasteiger partial charge in [-0.3, -0.25) is 9.69 Å². The molecular formula is C21H27N3O2. The molecule has 5 heteroatoms. The highest BCUT2D eigenvalue weighted by molar-refractivity contribution is 5.78. The van der Waals surface area contributed by atoms with Gasteiger partial charge in [0, 0.05) is 31.9 Å². The Morgan fingerprint density at radius 1 is 1.00 bits per heavy atom. The van der Waals surface area contributed by atoms with Crippen molar-refractivity contribution in [1.82, 2.24) is 10.2 Å². The van der Waals surface area contributed by atoms with Crippen LogP contribution in [0.4, 0.5) is 5.69 Å². The first-order chi connectivity index (χ1) is 12.6. The van der Waals surface area contributed by atoms with Gasteiger partial charge in [0.25, 0.3) is 0 Å². The molecule has 138 valence electrons. The van der Waals surface area contributed by atoms with Gasteiger partial charge in [-0.15, -0.1) is 0 Å². The van der Waals surface area contributed by atoms with Gasteiger partial charge in [-0.2, -0.15) is 0 Å². The fourth-order valence-corrected chi connectivity index (χ4v) is 3.18. The van der Waals surface area contributed by atoms with E-state index in [1.54, 1.807) is 0 Å². The maximum absolute atomic E-state index is 12.1. The van der Waals surface area contributed by atoms with Crippen molar-refractivity contribution in [2.75, 3.05) is 18.8 Å². The molecule has 1 aliphatic heterocycles. The molecule has 2 aromatic carbocycles. The number of hydrogen-bond acceptors (Lipinski definition) is 4. The van der Waals surface area contributed by atoms with Crippen LogP contribution >= 0.6 is 0 Å². The Balaban J connectivity index is 1.43. The van der Waals surface area contributed by atoms with Crippen LogP contribution in [-0.2, 0) is 24.3 Å². The van der Waals surface area contributed by atoms with E-state index in [9.17, 15) is 9.90 Å². The number of nitrogen functional groups attached to an aromatic ring is 1. The summed E-state index contributed by atoms with van der Waals surface area (Å²) < 4.78 is 0. The van der Waals surface area contributed by atoms with Gasteiger partial charge in [0.05, 0.1) is 12.5 Å². The Labute approximate surface area is 154 Å². The van der Waals surface area contributed by atoms with Crippen LogP contribution in [0, 0.1) is 0 Å². The summed E-state index contributed by atoms with van der Waals surface area (Å²) in [6.07, 6.45) is 1.94. The summed E-state index contributed by atoms with van der Waals surface area (Å²) in [5.41, 5.74) is 9.67. The largest absolute Gasteiger partial charge is 0.399 e. The van der Waals surface area contributed by atoms with Crippen LogP contribution in [0.2, 0.25) is 0 Å². The number of rotatable bonds is 6. The number of anilines is 1. The number of nitrogens with one attached hydrogen (secondary N) is 1. The molecule has 0 bridgehead atoms. The van der Waals surface area contributed by atoms with E-state index in [1.165, 1.54) is 5.56 Å². The van der Waals surface area contributed by atoms with Crippen molar-refractivity contribution in [3.8, 4) is 0 Å². The number of carbonyl (C=O) groups excluding carboxylic acids is 1. The molecule has 1 fully saturated rings. The number of aliphatic hydroxyl groups excluding tert-OH is 1. The molecule has 0 unspecified atom stereocenters. The molecule has 2 aromatic rings. The lowest BCUT2D eigenvalue weighted by molar-refractivity contribution is -0.120. The topological polar surface area (TPSA) is 78.6 Å². The minimum atomic E-state index is -0.134. The lowest BCUT2D eigenvalue weighted by atomic mass is 10.1. The van der Waals surface area contributed by atoms with Crippen LogP contribution in [0.3, 0.4) is 0 Å². The first kappa shape index (κ1) is 18.4. The van der Waals surface area contributed by atoms with Crippen molar-refractivity contribution in [3.05, 3.63) is 65.2 Å². The number of benzene rings is 2. The first-order valence-electron chi connectivity index (χ1n) is 9.18. The molecule has 1 aliphatic rings. The Kier molecular flexibility index (Phi) is 6.26. The van der Waals surface area contributed by atoms with Crippen molar-refractivity contribution in [1.29, 1.82) is 0 Å². The third-order valence-electron chi connectivity index (χ3n) is 4.82. The molecule has 0 saturated carbocycles. The Hall–Kier alpha value is -2.37. The summed E-state index contributed by atoms with van der Waals surface area (Å²) in [7, 11) is 0. The van der Waals surface area contributed by atoms with Crippen LogP contribution in [0.1, 0.15) is 29.5 Å². The molecule has 0 aromatic heterocycles. The minimum absolute atomic E-state index is 0.00530. The van der Waals surface area contributed by atoms with Crippen molar-refractivity contribution < 1.29 is 9.90 Å². The van der Waals surface area contributed by atoms with E-state index < -0.39 is 0 Å². The highest BCUT2D eigenvalue weighted by Gasteiger charge is 2.16. The van der Waals surface area contributed by atoms with E-state index in [-0.39, 0.29) is 12.0 Å². The van der Waals surface area contributed by atoms with Gasteiger partial charge in [0.2, 0.25) is 5.91 Å². The van der Waals surface area contributed by atoms with E-state index >= 15 is 0 Å². The number of likely N-dealkylation sites (tertiary alicyclic amines) is 1. The average Bonchev–Trinajstić information content (AvgIpc) is 2.65. The number of nitrogens with two attached hydrogens (primary N) is 1.